The third kappa shape index (κ3) is 7.68. The van der Waals surface area contributed by atoms with Crippen LogP contribution in [0.2, 0.25) is 5.15 Å². The third-order valence-electron chi connectivity index (χ3n) is 7.74. The smallest absolute Gasteiger partial charge is 0.417 e. The number of likely N-dealkylation sites (tertiary alicyclic amines) is 1. The average molecular weight is 590 g/mol. The van der Waals surface area contributed by atoms with E-state index in [4.69, 9.17) is 16.3 Å². The SMILES string of the molecule is COc1ccc(N(Cc2cnccc2C)C2CCN(C(C)CCNC(=O)c3c(C(F)(F)F)ccnc3Cl)CC2)cc1. The lowest BCUT2D eigenvalue weighted by Gasteiger charge is -2.42. The number of methoxy groups -OCH3 is 1. The van der Waals surface area contributed by atoms with Gasteiger partial charge in [-0.05, 0) is 80.6 Å². The van der Waals surface area contributed by atoms with Crippen LogP contribution in [0.1, 0.15) is 53.2 Å². The molecular weight excluding hydrogens is 555 g/mol. The summed E-state index contributed by atoms with van der Waals surface area (Å²) in [7, 11) is 1.65. The van der Waals surface area contributed by atoms with Crippen molar-refractivity contribution in [3.63, 3.8) is 0 Å². The summed E-state index contributed by atoms with van der Waals surface area (Å²) in [5, 5.41) is 2.14. The molecule has 0 spiro atoms. The third-order valence-corrected chi connectivity index (χ3v) is 8.03. The van der Waals surface area contributed by atoms with Crippen LogP contribution in [0.15, 0.2) is 55.0 Å². The Balaban J connectivity index is 1.35. The van der Waals surface area contributed by atoms with Gasteiger partial charge in [-0.25, -0.2) is 4.98 Å². The summed E-state index contributed by atoms with van der Waals surface area (Å²) in [6, 6.07) is 11.4. The number of nitrogens with zero attached hydrogens (tertiary/aromatic N) is 4. The summed E-state index contributed by atoms with van der Waals surface area (Å²) >= 11 is 5.86. The van der Waals surface area contributed by atoms with E-state index in [2.05, 4.69) is 51.1 Å². The van der Waals surface area contributed by atoms with Crippen LogP contribution in [0.25, 0.3) is 0 Å². The molecule has 0 radical (unpaired) electrons. The normalized spacial score (nSPS) is 15.4. The fourth-order valence-electron chi connectivity index (χ4n) is 5.24. The van der Waals surface area contributed by atoms with E-state index in [9.17, 15) is 18.0 Å². The molecule has 1 aromatic carbocycles. The Morgan fingerprint density at radius 2 is 1.88 bits per heavy atom. The summed E-state index contributed by atoms with van der Waals surface area (Å²) < 4.78 is 45.5. The van der Waals surface area contributed by atoms with E-state index in [1.807, 2.05) is 24.4 Å². The van der Waals surface area contributed by atoms with Gasteiger partial charge >= 0.3 is 6.18 Å². The molecule has 1 aliphatic heterocycles. The van der Waals surface area contributed by atoms with Gasteiger partial charge in [0, 0.05) is 62.5 Å². The Labute approximate surface area is 243 Å². The number of pyridine rings is 2. The highest BCUT2D eigenvalue weighted by molar-refractivity contribution is 6.32. The van der Waals surface area contributed by atoms with Crippen molar-refractivity contribution in [2.45, 2.75) is 57.9 Å². The highest BCUT2D eigenvalue weighted by Crippen LogP contribution is 2.34. The van der Waals surface area contributed by atoms with Crippen LogP contribution in [-0.4, -0.2) is 59.6 Å². The van der Waals surface area contributed by atoms with Crippen LogP contribution in [-0.2, 0) is 12.7 Å². The van der Waals surface area contributed by atoms with Crippen molar-refractivity contribution < 1.29 is 22.7 Å². The largest absolute Gasteiger partial charge is 0.497 e. The van der Waals surface area contributed by atoms with Gasteiger partial charge < -0.3 is 19.9 Å². The van der Waals surface area contributed by atoms with Gasteiger partial charge in [-0.2, -0.15) is 13.2 Å². The minimum atomic E-state index is -4.70. The van der Waals surface area contributed by atoms with Crippen molar-refractivity contribution in [1.82, 2.24) is 20.2 Å². The van der Waals surface area contributed by atoms with E-state index in [1.165, 1.54) is 11.1 Å². The zero-order valence-corrected chi connectivity index (χ0v) is 24.2. The minimum absolute atomic E-state index is 0.137. The first-order valence-electron chi connectivity index (χ1n) is 13.6. The Hall–Kier alpha value is -3.37. The molecule has 1 fully saturated rings. The summed E-state index contributed by atoms with van der Waals surface area (Å²) in [5.41, 5.74) is 1.76. The van der Waals surface area contributed by atoms with E-state index in [-0.39, 0.29) is 12.6 Å². The fraction of sp³-hybridized carbons (Fsp3) is 0.433. The van der Waals surface area contributed by atoms with Crippen LogP contribution in [0, 0.1) is 6.92 Å². The van der Waals surface area contributed by atoms with Gasteiger partial charge in [-0.3, -0.25) is 9.78 Å². The summed E-state index contributed by atoms with van der Waals surface area (Å²) in [6.07, 6.45) is 2.46. The summed E-state index contributed by atoms with van der Waals surface area (Å²) in [6.45, 7) is 6.87. The van der Waals surface area contributed by atoms with Crippen molar-refractivity contribution >= 4 is 23.2 Å². The average Bonchev–Trinajstić information content (AvgIpc) is 2.96. The zero-order chi connectivity index (χ0) is 29.6. The standard InChI is InChI=1S/C30H35ClF3N5O2/c1-20-8-13-35-18-22(20)19-39(23-4-6-25(41-3)7-5-23)24-11-16-38(17-12-24)21(2)9-14-37-29(40)27-26(30(32,33)34)10-15-36-28(27)31/h4-8,10,13,15,18,21,24H,9,11-12,14,16-17,19H2,1-3H3,(H,37,40). The van der Waals surface area contributed by atoms with E-state index < -0.39 is 28.4 Å². The predicted molar refractivity (Wildman–Crippen MR) is 153 cm³/mol. The summed E-state index contributed by atoms with van der Waals surface area (Å²) in [5.74, 6) is -0.0652. The molecule has 3 aromatic rings. The maximum absolute atomic E-state index is 13.4. The molecule has 1 N–H and O–H groups in total. The molecule has 0 saturated carbocycles. The molecule has 0 bridgehead atoms. The molecule has 1 unspecified atom stereocenters. The second-order valence-corrected chi connectivity index (χ2v) is 10.7. The molecule has 2 aromatic heterocycles. The van der Waals surface area contributed by atoms with Gasteiger partial charge in [0.1, 0.15) is 10.9 Å². The fourth-order valence-corrected chi connectivity index (χ4v) is 5.49. The maximum atomic E-state index is 13.4. The number of aromatic nitrogens is 2. The topological polar surface area (TPSA) is 70.6 Å². The van der Waals surface area contributed by atoms with Crippen LogP contribution >= 0.6 is 11.6 Å². The monoisotopic (exact) mass is 589 g/mol. The molecule has 0 aliphatic carbocycles. The van der Waals surface area contributed by atoms with E-state index in [0.717, 1.165) is 56.2 Å². The number of carbonyl (C=O) groups excluding carboxylic acids is 1. The maximum Gasteiger partial charge on any atom is 0.417 e. The molecule has 1 atom stereocenters. The molecule has 220 valence electrons. The van der Waals surface area contributed by atoms with Crippen LogP contribution in [0.4, 0.5) is 18.9 Å². The van der Waals surface area contributed by atoms with Crippen LogP contribution < -0.4 is 15.0 Å². The first-order valence-corrected chi connectivity index (χ1v) is 14.0. The number of hydrogen-bond acceptors (Lipinski definition) is 6. The van der Waals surface area contributed by atoms with Crippen molar-refractivity contribution in [2.24, 2.45) is 0 Å². The number of aryl methyl sites for hydroxylation is 1. The number of piperidine rings is 1. The van der Waals surface area contributed by atoms with Crippen molar-refractivity contribution in [3.05, 3.63) is 82.4 Å². The quantitative estimate of drug-likeness (QED) is 0.286. The number of nitrogens with one attached hydrogen (secondary N) is 1. The Morgan fingerprint density at radius 3 is 2.51 bits per heavy atom. The van der Waals surface area contributed by atoms with Crippen molar-refractivity contribution in [2.75, 3.05) is 31.6 Å². The van der Waals surface area contributed by atoms with E-state index in [0.29, 0.717) is 12.5 Å². The number of anilines is 1. The molecule has 4 rings (SSSR count). The summed E-state index contributed by atoms with van der Waals surface area (Å²) in [4.78, 5) is 25.4. The van der Waals surface area contributed by atoms with Crippen LogP contribution in [0.3, 0.4) is 0 Å². The lowest BCUT2D eigenvalue weighted by molar-refractivity contribution is -0.138. The molecule has 1 aliphatic rings. The first kappa shape index (κ1) is 30.6. The number of hydrogen-bond donors (Lipinski definition) is 1. The number of halogens is 4. The van der Waals surface area contributed by atoms with Crippen LogP contribution in [0.5, 0.6) is 5.75 Å². The lowest BCUT2D eigenvalue weighted by Crippen LogP contribution is -2.48. The van der Waals surface area contributed by atoms with Gasteiger partial charge in [-0.1, -0.05) is 11.6 Å². The van der Waals surface area contributed by atoms with Gasteiger partial charge in [0.2, 0.25) is 0 Å². The van der Waals surface area contributed by atoms with Gasteiger partial charge in [0.25, 0.3) is 5.91 Å². The van der Waals surface area contributed by atoms with Crippen molar-refractivity contribution in [3.8, 4) is 5.75 Å². The van der Waals surface area contributed by atoms with E-state index >= 15 is 0 Å². The van der Waals surface area contributed by atoms with Gasteiger partial charge in [0.05, 0.1) is 18.2 Å². The van der Waals surface area contributed by atoms with Gasteiger partial charge in [0.15, 0.2) is 0 Å². The molecule has 1 saturated heterocycles. The second kappa shape index (κ2) is 13.5. The molecule has 41 heavy (non-hydrogen) atoms. The minimum Gasteiger partial charge on any atom is -0.497 e. The number of ether oxygens (including phenoxy) is 1. The zero-order valence-electron chi connectivity index (χ0n) is 23.4. The van der Waals surface area contributed by atoms with Crippen molar-refractivity contribution in [1.29, 1.82) is 0 Å². The predicted octanol–water partition coefficient (Wildman–Crippen LogP) is 6.15. The number of benzene rings is 1. The van der Waals surface area contributed by atoms with E-state index in [1.54, 1.807) is 13.3 Å². The Morgan fingerprint density at radius 1 is 1.17 bits per heavy atom. The molecule has 11 heteroatoms. The number of amides is 1. The first-order chi connectivity index (χ1) is 19.6. The second-order valence-electron chi connectivity index (χ2n) is 10.3. The molecule has 1 amide bonds. The highest BCUT2D eigenvalue weighted by atomic mass is 35.5. The highest BCUT2D eigenvalue weighted by Gasteiger charge is 2.37. The number of alkyl halides is 3. The Kier molecular flexibility index (Phi) is 10.1. The molecule has 3 heterocycles. The number of rotatable bonds is 10. The van der Waals surface area contributed by atoms with Gasteiger partial charge in [-0.15, -0.1) is 0 Å². The Bertz CT molecular complexity index is 1310. The lowest BCUT2D eigenvalue weighted by atomic mass is 9.99. The molecule has 7 nitrogen and oxygen atoms in total. The number of carbonyl (C=O) groups is 1. The molecular formula is C30H35ClF3N5O2.